The number of nitrogens with zero attached hydrogens (tertiary/aromatic N) is 2. The summed E-state index contributed by atoms with van der Waals surface area (Å²) in [4.78, 5) is 31.3. The summed E-state index contributed by atoms with van der Waals surface area (Å²) in [6.07, 6.45) is 0.922. The molecule has 0 aromatic heterocycles. The van der Waals surface area contributed by atoms with Crippen LogP contribution >= 0.6 is 0 Å². The van der Waals surface area contributed by atoms with Gasteiger partial charge in [-0.15, -0.1) is 0 Å². The first kappa shape index (κ1) is 27.7. The summed E-state index contributed by atoms with van der Waals surface area (Å²) in [6.45, 7) is 6.09. The van der Waals surface area contributed by atoms with Gasteiger partial charge in [-0.05, 0) is 59.0 Å². The lowest BCUT2D eigenvalue weighted by Gasteiger charge is -2.32. The highest BCUT2D eigenvalue weighted by atomic mass is 16.5. The molecule has 0 atom stereocenters. The maximum atomic E-state index is 13.6. The number of carbonyl (C=O) groups is 2. The van der Waals surface area contributed by atoms with Crippen molar-refractivity contribution >= 4 is 23.2 Å². The molecule has 0 bridgehead atoms. The highest BCUT2D eigenvalue weighted by Gasteiger charge is 2.22. The molecule has 1 fully saturated rings. The number of morpholine rings is 1. The Morgan fingerprint density at radius 2 is 1.45 bits per heavy atom. The number of hydrogen-bond donors (Lipinski definition) is 2. The van der Waals surface area contributed by atoms with E-state index in [1.807, 2.05) is 66.7 Å². The summed E-state index contributed by atoms with van der Waals surface area (Å²) in [5, 5.41) is 6.12. The van der Waals surface area contributed by atoms with Crippen LogP contribution < -0.4 is 15.5 Å². The van der Waals surface area contributed by atoms with Crippen molar-refractivity contribution in [1.82, 2.24) is 10.2 Å². The molecule has 2 amide bonds. The molecule has 2 aliphatic heterocycles. The zero-order valence-electron chi connectivity index (χ0n) is 23.7. The Kier molecular flexibility index (Phi) is 8.59. The fourth-order valence-corrected chi connectivity index (χ4v) is 5.67. The number of anilines is 2. The smallest absolute Gasteiger partial charge is 0.255 e. The standard InChI is InChI=1S/C35H36N4O3/c40-34(29-12-10-28(11-13-29)26-6-2-1-3-7-26)37-31-14-15-33(39-18-16-27-8-4-5-9-30(27)25-39)32(24-31)35(41)36-17-19-38-20-22-42-23-21-38/h1-15,24H,16-23,25H2,(H,36,41)(H,37,40). The molecular formula is C35H36N4O3. The van der Waals surface area contributed by atoms with Gasteiger partial charge in [-0.2, -0.15) is 0 Å². The van der Waals surface area contributed by atoms with E-state index in [-0.39, 0.29) is 11.8 Å². The van der Waals surface area contributed by atoms with Gasteiger partial charge in [-0.25, -0.2) is 0 Å². The summed E-state index contributed by atoms with van der Waals surface area (Å²) in [5.74, 6) is -0.353. The van der Waals surface area contributed by atoms with Gasteiger partial charge in [0.05, 0.1) is 18.8 Å². The van der Waals surface area contributed by atoms with E-state index in [2.05, 4.69) is 44.7 Å². The monoisotopic (exact) mass is 560 g/mol. The van der Waals surface area contributed by atoms with E-state index in [1.54, 1.807) is 6.07 Å². The van der Waals surface area contributed by atoms with Crippen LogP contribution in [0.15, 0.2) is 97.1 Å². The second kappa shape index (κ2) is 13.0. The third-order valence-corrected chi connectivity index (χ3v) is 8.04. The molecule has 42 heavy (non-hydrogen) atoms. The molecule has 1 saturated heterocycles. The number of benzene rings is 4. The van der Waals surface area contributed by atoms with Crippen LogP contribution in [0.3, 0.4) is 0 Å². The Bertz CT molecular complexity index is 1530. The molecule has 2 aliphatic rings. The molecule has 0 spiro atoms. The fraction of sp³-hybridized carbons (Fsp3) is 0.257. The third-order valence-electron chi connectivity index (χ3n) is 8.04. The van der Waals surface area contributed by atoms with E-state index in [9.17, 15) is 9.59 Å². The van der Waals surface area contributed by atoms with Crippen LogP contribution in [0.2, 0.25) is 0 Å². The average Bonchev–Trinajstić information content (AvgIpc) is 3.05. The van der Waals surface area contributed by atoms with E-state index < -0.39 is 0 Å². The quantitative estimate of drug-likeness (QED) is 0.309. The third kappa shape index (κ3) is 6.54. The van der Waals surface area contributed by atoms with Gasteiger partial charge in [0, 0.05) is 56.2 Å². The van der Waals surface area contributed by atoms with Crippen LogP contribution in [-0.4, -0.2) is 62.7 Å². The summed E-state index contributed by atoms with van der Waals surface area (Å²) < 4.78 is 5.44. The molecule has 6 rings (SSSR count). The summed E-state index contributed by atoms with van der Waals surface area (Å²) in [7, 11) is 0. The van der Waals surface area contributed by atoms with Crippen molar-refractivity contribution in [2.75, 3.05) is 56.2 Å². The first-order chi connectivity index (χ1) is 20.6. The van der Waals surface area contributed by atoms with Crippen molar-refractivity contribution in [2.24, 2.45) is 0 Å². The second-order valence-corrected chi connectivity index (χ2v) is 10.8. The summed E-state index contributed by atoms with van der Waals surface area (Å²) in [6, 6.07) is 31.8. The summed E-state index contributed by atoms with van der Waals surface area (Å²) >= 11 is 0. The molecule has 2 N–H and O–H groups in total. The van der Waals surface area contributed by atoms with E-state index in [4.69, 9.17) is 4.74 Å². The van der Waals surface area contributed by atoms with Crippen molar-refractivity contribution in [1.29, 1.82) is 0 Å². The highest BCUT2D eigenvalue weighted by molar-refractivity contribution is 6.06. The van der Waals surface area contributed by atoms with E-state index in [1.165, 1.54) is 11.1 Å². The lowest BCUT2D eigenvalue weighted by Crippen LogP contribution is -2.41. The van der Waals surface area contributed by atoms with Crippen molar-refractivity contribution < 1.29 is 14.3 Å². The Morgan fingerprint density at radius 3 is 2.24 bits per heavy atom. The van der Waals surface area contributed by atoms with Crippen molar-refractivity contribution in [3.8, 4) is 11.1 Å². The van der Waals surface area contributed by atoms with Crippen LogP contribution in [0.25, 0.3) is 11.1 Å². The van der Waals surface area contributed by atoms with Crippen LogP contribution in [0.5, 0.6) is 0 Å². The van der Waals surface area contributed by atoms with Gasteiger partial charge in [-0.1, -0.05) is 66.7 Å². The molecule has 0 radical (unpaired) electrons. The Morgan fingerprint density at radius 1 is 0.738 bits per heavy atom. The minimum Gasteiger partial charge on any atom is -0.379 e. The van der Waals surface area contributed by atoms with Gasteiger partial charge in [0.25, 0.3) is 11.8 Å². The number of fused-ring (bicyclic) bond motifs is 1. The normalized spacial score (nSPS) is 15.1. The minimum absolute atomic E-state index is 0.138. The van der Waals surface area contributed by atoms with Crippen LogP contribution in [0.4, 0.5) is 11.4 Å². The Labute approximate surface area is 247 Å². The van der Waals surface area contributed by atoms with Crippen molar-refractivity contribution in [3.63, 3.8) is 0 Å². The molecule has 7 nitrogen and oxygen atoms in total. The first-order valence-electron chi connectivity index (χ1n) is 14.6. The van der Waals surface area contributed by atoms with Gasteiger partial charge in [0.2, 0.25) is 0 Å². The number of ether oxygens (including phenoxy) is 1. The molecule has 4 aromatic rings. The molecule has 7 heteroatoms. The molecule has 214 valence electrons. The average molecular weight is 561 g/mol. The fourth-order valence-electron chi connectivity index (χ4n) is 5.67. The van der Waals surface area contributed by atoms with E-state index >= 15 is 0 Å². The van der Waals surface area contributed by atoms with Gasteiger partial charge < -0.3 is 20.3 Å². The topological polar surface area (TPSA) is 73.9 Å². The maximum absolute atomic E-state index is 13.6. The molecule has 0 saturated carbocycles. The molecule has 0 unspecified atom stereocenters. The van der Waals surface area contributed by atoms with Gasteiger partial charge in [0.15, 0.2) is 0 Å². The summed E-state index contributed by atoms with van der Waals surface area (Å²) in [5.41, 5.74) is 7.37. The number of amides is 2. The minimum atomic E-state index is -0.215. The number of nitrogens with one attached hydrogen (secondary N) is 2. The maximum Gasteiger partial charge on any atom is 0.255 e. The van der Waals surface area contributed by atoms with Crippen LogP contribution in [0.1, 0.15) is 31.8 Å². The molecule has 2 heterocycles. The van der Waals surface area contributed by atoms with E-state index in [0.717, 1.165) is 69.2 Å². The Hall–Kier alpha value is -4.46. The Balaban J connectivity index is 1.20. The van der Waals surface area contributed by atoms with Gasteiger partial charge in [-0.3, -0.25) is 14.5 Å². The highest BCUT2D eigenvalue weighted by Crippen LogP contribution is 2.30. The van der Waals surface area contributed by atoms with Crippen molar-refractivity contribution in [2.45, 2.75) is 13.0 Å². The largest absolute Gasteiger partial charge is 0.379 e. The molecule has 4 aromatic carbocycles. The zero-order valence-corrected chi connectivity index (χ0v) is 23.7. The molecule has 0 aliphatic carbocycles. The number of carbonyl (C=O) groups excluding carboxylic acids is 2. The van der Waals surface area contributed by atoms with Crippen LogP contribution in [-0.2, 0) is 17.7 Å². The number of rotatable bonds is 8. The predicted octanol–water partition coefficient (Wildman–Crippen LogP) is 5.23. The zero-order chi connectivity index (χ0) is 28.7. The van der Waals surface area contributed by atoms with Crippen LogP contribution in [0, 0.1) is 0 Å². The SMILES string of the molecule is O=C(Nc1ccc(N2CCc3ccccc3C2)c(C(=O)NCCN2CCOCC2)c1)c1ccc(-c2ccccc2)cc1. The number of hydrogen-bond acceptors (Lipinski definition) is 5. The second-order valence-electron chi connectivity index (χ2n) is 10.8. The first-order valence-corrected chi connectivity index (χ1v) is 14.6. The predicted molar refractivity (Wildman–Crippen MR) is 167 cm³/mol. The lowest BCUT2D eigenvalue weighted by atomic mass is 9.98. The van der Waals surface area contributed by atoms with Gasteiger partial charge >= 0.3 is 0 Å². The van der Waals surface area contributed by atoms with Crippen molar-refractivity contribution in [3.05, 3.63) is 119 Å². The van der Waals surface area contributed by atoms with Gasteiger partial charge in [0.1, 0.15) is 0 Å². The lowest BCUT2D eigenvalue weighted by molar-refractivity contribution is 0.0383. The molecular weight excluding hydrogens is 524 g/mol. The van der Waals surface area contributed by atoms with E-state index in [0.29, 0.717) is 23.4 Å².